The number of carbonyl (C=O) groups is 1. The molecule has 29 heavy (non-hydrogen) atoms. The fourth-order valence-corrected chi connectivity index (χ4v) is 3.41. The fraction of sp³-hybridized carbons (Fsp3) is 0.143. The Hall–Kier alpha value is -3.57. The Morgan fingerprint density at radius 2 is 1.93 bits per heavy atom. The monoisotopic (exact) mass is 404 g/mol. The second-order valence-corrected chi connectivity index (χ2v) is 7.30. The minimum absolute atomic E-state index is 0.0447. The van der Waals surface area contributed by atoms with Crippen LogP contribution in [-0.2, 0) is 4.79 Å². The van der Waals surface area contributed by atoms with E-state index in [-0.39, 0.29) is 22.8 Å². The van der Waals surface area contributed by atoms with Crippen molar-refractivity contribution in [3.05, 3.63) is 59.4 Å². The van der Waals surface area contributed by atoms with Crippen LogP contribution in [0.3, 0.4) is 0 Å². The van der Waals surface area contributed by atoms with E-state index in [1.807, 2.05) is 48.5 Å². The highest BCUT2D eigenvalue weighted by atomic mass is 32.2. The fourth-order valence-electron chi connectivity index (χ4n) is 2.85. The van der Waals surface area contributed by atoms with Crippen LogP contribution in [0.15, 0.2) is 56.5 Å². The summed E-state index contributed by atoms with van der Waals surface area (Å²) >= 11 is 1.11. The molecule has 0 aliphatic rings. The molecule has 7 nitrogen and oxygen atoms in total. The summed E-state index contributed by atoms with van der Waals surface area (Å²) in [5.41, 5.74) is 1.86. The smallest absolute Gasteiger partial charge is 0.277 e. The van der Waals surface area contributed by atoms with Crippen molar-refractivity contribution in [1.82, 2.24) is 10.2 Å². The van der Waals surface area contributed by atoms with Crippen molar-refractivity contribution in [2.24, 2.45) is 0 Å². The quantitative estimate of drug-likeness (QED) is 0.481. The number of rotatable bonds is 5. The van der Waals surface area contributed by atoms with Gasteiger partial charge in [0.1, 0.15) is 17.4 Å². The maximum Gasteiger partial charge on any atom is 0.277 e. The van der Waals surface area contributed by atoms with Crippen LogP contribution in [0.25, 0.3) is 22.2 Å². The van der Waals surface area contributed by atoms with Crippen LogP contribution in [-0.4, -0.2) is 21.9 Å². The first-order valence-corrected chi connectivity index (χ1v) is 9.79. The molecule has 0 bridgehead atoms. The van der Waals surface area contributed by atoms with Crippen molar-refractivity contribution in [1.29, 1.82) is 5.26 Å². The second-order valence-electron chi connectivity index (χ2n) is 6.37. The number of aromatic nitrogens is 2. The molecular weight excluding hydrogens is 388 g/mol. The maximum atomic E-state index is 12.2. The molecule has 0 spiro atoms. The molecule has 1 amide bonds. The number of hydrogen-bond donors (Lipinski definition) is 1. The van der Waals surface area contributed by atoms with Crippen molar-refractivity contribution in [3.63, 3.8) is 0 Å². The summed E-state index contributed by atoms with van der Waals surface area (Å²) in [5, 5.41) is 22.4. The van der Waals surface area contributed by atoms with E-state index in [0.717, 1.165) is 28.1 Å². The van der Waals surface area contributed by atoms with Crippen LogP contribution in [0.5, 0.6) is 0 Å². The number of benzene rings is 2. The van der Waals surface area contributed by atoms with Crippen molar-refractivity contribution >= 4 is 34.3 Å². The average molecular weight is 404 g/mol. The molecule has 2 heterocycles. The van der Waals surface area contributed by atoms with E-state index >= 15 is 0 Å². The lowest BCUT2D eigenvalue weighted by Gasteiger charge is -2.01. The molecule has 2 aromatic heterocycles. The summed E-state index contributed by atoms with van der Waals surface area (Å²) in [7, 11) is 0. The lowest BCUT2D eigenvalue weighted by atomic mass is 10.1. The van der Waals surface area contributed by atoms with Gasteiger partial charge in [-0.25, -0.2) is 0 Å². The number of fused-ring (bicyclic) bond motifs is 1. The summed E-state index contributed by atoms with van der Waals surface area (Å²) in [6.45, 7) is 3.52. The number of nitrogens with one attached hydrogen (secondary N) is 1. The zero-order valence-corrected chi connectivity index (χ0v) is 16.5. The van der Waals surface area contributed by atoms with E-state index in [1.165, 1.54) is 0 Å². The normalized spacial score (nSPS) is 10.8. The van der Waals surface area contributed by atoms with Gasteiger partial charge in [0.15, 0.2) is 0 Å². The van der Waals surface area contributed by atoms with Crippen LogP contribution >= 0.6 is 11.8 Å². The Morgan fingerprint density at radius 1 is 1.14 bits per heavy atom. The number of furan rings is 1. The van der Waals surface area contributed by atoms with Crippen molar-refractivity contribution in [2.75, 3.05) is 11.1 Å². The third-order valence-electron chi connectivity index (χ3n) is 4.48. The molecule has 144 valence electrons. The van der Waals surface area contributed by atoms with Gasteiger partial charge in [0.2, 0.25) is 17.7 Å². The first-order valence-electron chi connectivity index (χ1n) is 8.80. The first kappa shape index (κ1) is 18.8. The number of amides is 1. The van der Waals surface area contributed by atoms with Gasteiger partial charge in [-0.2, -0.15) is 5.26 Å². The first-order chi connectivity index (χ1) is 14.0. The SMILES string of the molecule is Cc1oc(NC(=O)CSc2nnc(-c3ccc4ccccc4c3)o2)c(C#N)c1C. The van der Waals surface area contributed by atoms with E-state index in [9.17, 15) is 10.1 Å². The summed E-state index contributed by atoms with van der Waals surface area (Å²) in [4.78, 5) is 12.2. The van der Waals surface area contributed by atoms with E-state index in [0.29, 0.717) is 22.8 Å². The molecule has 4 aromatic rings. The minimum atomic E-state index is -0.328. The van der Waals surface area contributed by atoms with Gasteiger partial charge in [-0.15, -0.1) is 10.2 Å². The largest absolute Gasteiger partial charge is 0.444 e. The number of hydrogen-bond acceptors (Lipinski definition) is 7. The lowest BCUT2D eigenvalue weighted by molar-refractivity contribution is -0.113. The summed E-state index contributed by atoms with van der Waals surface area (Å²) in [5.74, 6) is 0.869. The number of aryl methyl sites for hydroxylation is 1. The molecule has 0 atom stereocenters. The molecule has 0 aliphatic heterocycles. The predicted octanol–water partition coefficient (Wildman–Crippen LogP) is 4.70. The van der Waals surface area contributed by atoms with Gasteiger partial charge in [-0.05, 0) is 36.8 Å². The van der Waals surface area contributed by atoms with Crippen LogP contribution in [0, 0.1) is 25.2 Å². The average Bonchev–Trinajstić information content (AvgIpc) is 3.31. The summed E-state index contributed by atoms with van der Waals surface area (Å²) in [6.07, 6.45) is 0. The highest BCUT2D eigenvalue weighted by Gasteiger charge is 2.17. The van der Waals surface area contributed by atoms with Gasteiger partial charge in [-0.3, -0.25) is 10.1 Å². The van der Waals surface area contributed by atoms with Crippen LogP contribution in [0.2, 0.25) is 0 Å². The molecule has 1 N–H and O–H groups in total. The number of carbonyl (C=O) groups excluding carboxylic acids is 1. The Morgan fingerprint density at radius 3 is 2.72 bits per heavy atom. The molecule has 8 heteroatoms. The van der Waals surface area contributed by atoms with E-state index in [2.05, 4.69) is 15.5 Å². The summed E-state index contributed by atoms with van der Waals surface area (Å²) in [6, 6.07) is 15.9. The maximum absolute atomic E-state index is 12.2. The van der Waals surface area contributed by atoms with Crippen LogP contribution < -0.4 is 5.32 Å². The summed E-state index contributed by atoms with van der Waals surface area (Å²) < 4.78 is 11.1. The van der Waals surface area contributed by atoms with E-state index < -0.39 is 0 Å². The number of nitriles is 1. The van der Waals surface area contributed by atoms with Crippen molar-refractivity contribution in [2.45, 2.75) is 19.1 Å². The lowest BCUT2D eigenvalue weighted by Crippen LogP contribution is -2.14. The van der Waals surface area contributed by atoms with Crippen LogP contribution in [0.1, 0.15) is 16.9 Å². The molecule has 0 radical (unpaired) electrons. The zero-order chi connectivity index (χ0) is 20.4. The molecule has 0 saturated carbocycles. The molecule has 2 aromatic carbocycles. The molecular formula is C21H16N4O3S. The van der Waals surface area contributed by atoms with Crippen molar-refractivity contribution in [3.8, 4) is 17.5 Å². The molecule has 0 fully saturated rings. The minimum Gasteiger partial charge on any atom is -0.444 e. The molecule has 4 rings (SSSR count). The van der Waals surface area contributed by atoms with Crippen molar-refractivity contribution < 1.29 is 13.6 Å². The van der Waals surface area contributed by atoms with Gasteiger partial charge in [0.05, 0.1) is 5.75 Å². The standard InChI is InChI=1S/C21H16N4O3S/c1-12-13(2)27-20(17(12)10-22)23-18(26)11-29-21-25-24-19(28-21)16-8-7-14-5-3-4-6-15(14)9-16/h3-9H,11H2,1-2H3,(H,23,26). The Labute approximate surface area is 170 Å². The highest BCUT2D eigenvalue weighted by Crippen LogP contribution is 2.28. The zero-order valence-electron chi connectivity index (χ0n) is 15.7. The molecule has 0 aliphatic carbocycles. The van der Waals surface area contributed by atoms with Gasteiger partial charge < -0.3 is 8.83 Å². The van der Waals surface area contributed by atoms with Gasteiger partial charge in [0.25, 0.3) is 5.22 Å². The Kier molecular flexibility index (Phi) is 5.06. The Bertz CT molecular complexity index is 1250. The second kappa shape index (κ2) is 7.81. The number of anilines is 1. The van der Waals surface area contributed by atoms with Gasteiger partial charge in [0, 0.05) is 11.1 Å². The Balaban J connectivity index is 1.42. The van der Waals surface area contributed by atoms with E-state index in [1.54, 1.807) is 13.8 Å². The third kappa shape index (κ3) is 3.86. The van der Waals surface area contributed by atoms with Crippen LogP contribution in [0.4, 0.5) is 5.88 Å². The third-order valence-corrected chi connectivity index (χ3v) is 5.30. The van der Waals surface area contributed by atoms with Gasteiger partial charge >= 0.3 is 0 Å². The van der Waals surface area contributed by atoms with Gasteiger partial charge in [-0.1, -0.05) is 42.1 Å². The molecule has 0 unspecified atom stereocenters. The predicted molar refractivity (Wildman–Crippen MR) is 109 cm³/mol. The number of nitrogens with zero attached hydrogens (tertiary/aromatic N) is 3. The topological polar surface area (TPSA) is 105 Å². The number of thioether (sulfide) groups is 1. The van der Waals surface area contributed by atoms with E-state index in [4.69, 9.17) is 8.83 Å². The molecule has 0 saturated heterocycles. The highest BCUT2D eigenvalue weighted by molar-refractivity contribution is 7.99.